The van der Waals surface area contributed by atoms with Crippen LogP contribution in [0.2, 0.25) is 0 Å². The number of hydrogen-bond donors (Lipinski definition) is 1. The summed E-state index contributed by atoms with van der Waals surface area (Å²) in [4.78, 5) is 4.44. The molecule has 3 rings (SSSR count). The second-order valence-corrected chi connectivity index (χ2v) is 5.33. The summed E-state index contributed by atoms with van der Waals surface area (Å²) in [5.74, 6) is 3.18. The minimum absolute atomic E-state index is 0.110. The van der Waals surface area contributed by atoms with Crippen LogP contribution >= 0.6 is 0 Å². The Hall–Kier alpha value is -2.24. The number of methoxy groups -OCH3 is 2. The number of ether oxygens (including phenoxy) is 2. The first kappa shape index (κ1) is 13.7. The van der Waals surface area contributed by atoms with Gasteiger partial charge >= 0.3 is 0 Å². The molecule has 0 bridgehead atoms. The van der Waals surface area contributed by atoms with Gasteiger partial charge in [0, 0.05) is 17.7 Å². The van der Waals surface area contributed by atoms with Crippen LogP contribution < -0.4 is 14.8 Å². The second-order valence-electron chi connectivity index (χ2n) is 5.33. The quantitative estimate of drug-likeness (QED) is 0.939. The van der Waals surface area contributed by atoms with E-state index in [2.05, 4.69) is 22.3 Å². The largest absolute Gasteiger partial charge is 0.497 e. The highest BCUT2D eigenvalue weighted by atomic mass is 16.5. The number of benzene rings is 1. The van der Waals surface area contributed by atoms with Gasteiger partial charge in [0.05, 0.1) is 20.3 Å². The minimum atomic E-state index is 0.110. The van der Waals surface area contributed by atoms with Crippen LogP contribution in [0.4, 0.5) is 5.95 Å². The normalized spacial score (nSPS) is 20.6. The predicted octanol–water partition coefficient (Wildman–Crippen LogP) is 2.40. The van der Waals surface area contributed by atoms with Crippen molar-refractivity contribution in [1.82, 2.24) is 14.8 Å². The minimum Gasteiger partial charge on any atom is -0.497 e. The summed E-state index contributed by atoms with van der Waals surface area (Å²) in [6.07, 6.45) is 0.929. The van der Waals surface area contributed by atoms with E-state index in [4.69, 9.17) is 9.47 Å². The summed E-state index contributed by atoms with van der Waals surface area (Å²) in [5.41, 5.74) is 1.10. The zero-order valence-corrected chi connectivity index (χ0v) is 12.8. The molecule has 0 aliphatic carbocycles. The van der Waals surface area contributed by atoms with E-state index in [0.717, 1.165) is 35.3 Å². The fourth-order valence-corrected chi connectivity index (χ4v) is 2.81. The molecule has 1 aliphatic rings. The molecular weight excluding hydrogens is 268 g/mol. The summed E-state index contributed by atoms with van der Waals surface area (Å²) >= 11 is 0. The molecule has 2 heterocycles. The van der Waals surface area contributed by atoms with Crippen molar-refractivity contribution in [3.8, 4) is 11.5 Å². The summed E-state index contributed by atoms with van der Waals surface area (Å²) in [7, 11) is 3.33. The van der Waals surface area contributed by atoms with Gasteiger partial charge in [0.25, 0.3) is 0 Å². The third-order valence-electron chi connectivity index (χ3n) is 3.78. The zero-order chi connectivity index (χ0) is 15.0. The Morgan fingerprint density at radius 1 is 1.29 bits per heavy atom. The van der Waals surface area contributed by atoms with Crippen molar-refractivity contribution in [2.45, 2.75) is 32.4 Å². The van der Waals surface area contributed by atoms with Gasteiger partial charge in [-0.05, 0) is 32.4 Å². The van der Waals surface area contributed by atoms with Crippen molar-refractivity contribution >= 4 is 5.95 Å². The van der Waals surface area contributed by atoms with Crippen LogP contribution in [0.25, 0.3) is 0 Å². The Labute approximate surface area is 124 Å². The molecular formula is C15H20N4O2. The Kier molecular flexibility index (Phi) is 3.45. The van der Waals surface area contributed by atoms with Crippen molar-refractivity contribution in [3.05, 3.63) is 29.6 Å². The van der Waals surface area contributed by atoms with Crippen LogP contribution in [0.5, 0.6) is 11.5 Å². The highest BCUT2D eigenvalue weighted by Gasteiger charge is 2.29. The van der Waals surface area contributed by atoms with E-state index in [1.807, 2.05) is 29.8 Å². The third-order valence-corrected chi connectivity index (χ3v) is 3.78. The van der Waals surface area contributed by atoms with Crippen molar-refractivity contribution in [3.63, 3.8) is 0 Å². The number of anilines is 1. The number of aromatic nitrogens is 3. The molecule has 1 aliphatic heterocycles. The Morgan fingerprint density at radius 2 is 2.10 bits per heavy atom. The lowest BCUT2D eigenvalue weighted by Gasteiger charge is -2.30. The average Bonchev–Trinajstić information content (AvgIpc) is 2.85. The maximum atomic E-state index is 5.54. The molecule has 2 aromatic rings. The second kappa shape index (κ2) is 5.27. The highest BCUT2D eigenvalue weighted by molar-refractivity contribution is 5.45. The van der Waals surface area contributed by atoms with E-state index in [1.54, 1.807) is 14.2 Å². The van der Waals surface area contributed by atoms with Crippen LogP contribution in [0.3, 0.4) is 0 Å². The zero-order valence-electron chi connectivity index (χ0n) is 12.8. The van der Waals surface area contributed by atoms with Gasteiger partial charge in [-0.1, -0.05) is 0 Å². The summed E-state index contributed by atoms with van der Waals surface area (Å²) in [5, 5.41) is 7.88. The van der Waals surface area contributed by atoms with E-state index in [1.165, 1.54) is 0 Å². The summed E-state index contributed by atoms with van der Waals surface area (Å²) in [6.45, 7) is 4.05. The molecule has 0 amide bonds. The smallest absolute Gasteiger partial charge is 0.222 e. The fourth-order valence-electron chi connectivity index (χ4n) is 2.81. The van der Waals surface area contributed by atoms with Crippen molar-refractivity contribution < 1.29 is 9.47 Å². The number of fused-ring (bicyclic) bond motifs is 1. The number of nitrogens with one attached hydrogen (secondary N) is 1. The van der Waals surface area contributed by atoms with Gasteiger partial charge in [0.15, 0.2) is 0 Å². The molecule has 0 fully saturated rings. The summed E-state index contributed by atoms with van der Waals surface area (Å²) in [6, 6.07) is 6.34. The Morgan fingerprint density at radius 3 is 2.81 bits per heavy atom. The molecule has 1 N–H and O–H groups in total. The van der Waals surface area contributed by atoms with Gasteiger partial charge in [0.1, 0.15) is 17.3 Å². The van der Waals surface area contributed by atoms with Crippen LogP contribution in [0, 0.1) is 6.92 Å². The molecule has 6 nitrogen and oxygen atoms in total. The number of rotatable bonds is 3. The van der Waals surface area contributed by atoms with Gasteiger partial charge in [0.2, 0.25) is 5.95 Å². The molecule has 0 unspecified atom stereocenters. The Bertz CT molecular complexity index is 653. The number of hydrogen-bond acceptors (Lipinski definition) is 5. The first-order valence-corrected chi connectivity index (χ1v) is 7.04. The van der Waals surface area contributed by atoms with Crippen molar-refractivity contribution in [1.29, 1.82) is 0 Å². The number of aryl methyl sites for hydroxylation is 1. The third kappa shape index (κ3) is 2.41. The van der Waals surface area contributed by atoms with E-state index < -0.39 is 0 Å². The van der Waals surface area contributed by atoms with Gasteiger partial charge in [-0.2, -0.15) is 10.1 Å². The molecule has 1 aromatic heterocycles. The van der Waals surface area contributed by atoms with E-state index in [9.17, 15) is 0 Å². The maximum absolute atomic E-state index is 5.54. The van der Waals surface area contributed by atoms with Gasteiger partial charge < -0.3 is 14.8 Å². The van der Waals surface area contributed by atoms with Crippen LogP contribution in [-0.4, -0.2) is 35.0 Å². The van der Waals surface area contributed by atoms with E-state index in [0.29, 0.717) is 6.04 Å². The fraction of sp³-hybridized carbons (Fsp3) is 0.467. The summed E-state index contributed by atoms with van der Waals surface area (Å²) < 4.78 is 12.7. The molecule has 1 aromatic carbocycles. The van der Waals surface area contributed by atoms with Crippen LogP contribution in [-0.2, 0) is 0 Å². The van der Waals surface area contributed by atoms with Crippen LogP contribution in [0.15, 0.2) is 18.2 Å². The monoisotopic (exact) mass is 288 g/mol. The highest BCUT2D eigenvalue weighted by Crippen LogP contribution is 2.37. The van der Waals surface area contributed by atoms with E-state index >= 15 is 0 Å². The molecule has 0 radical (unpaired) electrons. The lowest BCUT2D eigenvalue weighted by molar-refractivity contribution is 0.372. The lowest BCUT2D eigenvalue weighted by atomic mass is 9.97. The molecule has 0 saturated heterocycles. The lowest BCUT2D eigenvalue weighted by Crippen LogP contribution is -2.31. The van der Waals surface area contributed by atoms with Crippen molar-refractivity contribution in [2.24, 2.45) is 0 Å². The maximum Gasteiger partial charge on any atom is 0.222 e. The standard InChI is InChI=1S/C15H20N4O2/c1-9-7-13(19-15(16-9)17-10(2)18-19)12-6-5-11(20-3)8-14(12)21-4/h5-6,8-9,13H,7H2,1-4H3,(H,16,17,18)/t9-,13+/m0/s1. The van der Waals surface area contributed by atoms with Gasteiger partial charge in [-0.3, -0.25) is 0 Å². The molecule has 2 atom stereocenters. The number of nitrogens with zero attached hydrogens (tertiary/aromatic N) is 3. The van der Waals surface area contributed by atoms with Crippen LogP contribution in [0.1, 0.15) is 30.8 Å². The molecule has 0 saturated carbocycles. The predicted molar refractivity (Wildman–Crippen MR) is 80.1 cm³/mol. The topological polar surface area (TPSA) is 61.2 Å². The molecule has 112 valence electrons. The average molecular weight is 288 g/mol. The van der Waals surface area contributed by atoms with E-state index in [-0.39, 0.29) is 6.04 Å². The first-order chi connectivity index (χ1) is 10.1. The molecule has 0 spiro atoms. The van der Waals surface area contributed by atoms with Gasteiger partial charge in [-0.15, -0.1) is 0 Å². The van der Waals surface area contributed by atoms with Gasteiger partial charge in [-0.25, -0.2) is 4.68 Å². The SMILES string of the molecule is COc1ccc([C@H]2C[C@H](C)Nc3nc(C)nn32)c(OC)c1. The Balaban J connectivity index is 2.07. The first-order valence-electron chi connectivity index (χ1n) is 7.04. The molecule has 6 heteroatoms. The van der Waals surface area contributed by atoms with Crippen molar-refractivity contribution in [2.75, 3.05) is 19.5 Å². The molecule has 21 heavy (non-hydrogen) atoms.